The predicted molar refractivity (Wildman–Crippen MR) is 116 cm³/mol. The van der Waals surface area contributed by atoms with Crippen molar-refractivity contribution in [3.05, 3.63) is 64.1 Å². The topological polar surface area (TPSA) is 84.7 Å². The summed E-state index contributed by atoms with van der Waals surface area (Å²) >= 11 is 8.80. The summed E-state index contributed by atoms with van der Waals surface area (Å²) in [4.78, 5) is 25.7. The fourth-order valence-electron chi connectivity index (χ4n) is 2.51. The van der Waals surface area contributed by atoms with Gasteiger partial charge in [-0.05, 0) is 42.9 Å². The average molecular weight is 464 g/mol. The molecule has 2 rings (SSSR count). The number of nitrogens with one attached hydrogen (secondary N) is 1. The molecule has 0 saturated heterocycles. The van der Waals surface area contributed by atoms with Gasteiger partial charge in [0.2, 0.25) is 5.91 Å². The molecule has 0 heterocycles. The molecule has 6 nitrogen and oxygen atoms in total. The number of amides is 2. The van der Waals surface area contributed by atoms with E-state index in [1.54, 1.807) is 23.1 Å². The van der Waals surface area contributed by atoms with E-state index in [1.807, 2.05) is 37.3 Å². The van der Waals surface area contributed by atoms with E-state index in [2.05, 4.69) is 21.2 Å². The van der Waals surface area contributed by atoms with Crippen LogP contribution in [0.5, 0.6) is 5.75 Å². The Hall–Kier alpha value is -2.45. The second kappa shape index (κ2) is 10.8. The zero-order valence-corrected chi connectivity index (χ0v) is 17.9. The second-order valence-electron chi connectivity index (χ2n) is 5.96. The van der Waals surface area contributed by atoms with Crippen LogP contribution in [-0.2, 0) is 11.3 Å². The third-order valence-electron chi connectivity index (χ3n) is 3.84. The maximum atomic E-state index is 12.8. The van der Waals surface area contributed by atoms with Crippen molar-refractivity contribution in [3.63, 3.8) is 0 Å². The zero-order chi connectivity index (χ0) is 20.5. The number of halogens is 1. The molecule has 28 heavy (non-hydrogen) atoms. The number of rotatable bonds is 8. The van der Waals surface area contributed by atoms with E-state index in [1.165, 1.54) is 0 Å². The minimum atomic E-state index is -0.433. The molecule has 0 aliphatic heterocycles. The lowest BCUT2D eigenvalue weighted by Gasteiger charge is -2.25. The van der Waals surface area contributed by atoms with Gasteiger partial charge in [-0.15, -0.1) is 0 Å². The Morgan fingerprint density at radius 3 is 2.57 bits per heavy atom. The Labute approximate surface area is 178 Å². The Kier molecular flexibility index (Phi) is 8.41. The number of carbonyl (C=O) groups is 2. The largest absolute Gasteiger partial charge is 0.493 e. The van der Waals surface area contributed by atoms with E-state index in [9.17, 15) is 9.59 Å². The summed E-state index contributed by atoms with van der Waals surface area (Å²) < 4.78 is 6.28. The fourth-order valence-corrected chi connectivity index (χ4v) is 3.12. The predicted octanol–water partition coefficient (Wildman–Crippen LogP) is 3.24. The van der Waals surface area contributed by atoms with E-state index < -0.39 is 5.91 Å². The summed E-state index contributed by atoms with van der Waals surface area (Å²) in [5.74, 6) is -0.345. The molecule has 0 fully saturated rings. The minimum Gasteiger partial charge on any atom is -0.493 e. The molecule has 0 spiro atoms. The highest BCUT2D eigenvalue weighted by atomic mass is 79.9. The molecule has 0 radical (unpaired) electrons. The van der Waals surface area contributed by atoms with E-state index in [-0.39, 0.29) is 17.4 Å². The summed E-state index contributed by atoms with van der Waals surface area (Å²) in [5.41, 5.74) is 6.65. The molecule has 8 heteroatoms. The highest BCUT2D eigenvalue weighted by Gasteiger charge is 2.18. The fraction of sp³-hybridized carbons (Fsp3) is 0.250. The number of nitrogens with two attached hydrogens (primary N) is 1. The van der Waals surface area contributed by atoms with Crippen LogP contribution in [0, 0.1) is 0 Å². The van der Waals surface area contributed by atoms with Crippen molar-refractivity contribution in [2.24, 2.45) is 5.73 Å². The van der Waals surface area contributed by atoms with Gasteiger partial charge in [-0.25, -0.2) is 0 Å². The third kappa shape index (κ3) is 6.61. The Morgan fingerprint density at radius 1 is 1.21 bits per heavy atom. The highest BCUT2D eigenvalue weighted by Crippen LogP contribution is 2.23. The van der Waals surface area contributed by atoms with Crippen LogP contribution in [0.1, 0.15) is 29.3 Å². The van der Waals surface area contributed by atoms with Crippen molar-refractivity contribution in [2.45, 2.75) is 19.9 Å². The smallest absolute Gasteiger partial charge is 0.261 e. The van der Waals surface area contributed by atoms with Crippen LogP contribution in [0.25, 0.3) is 0 Å². The summed E-state index contributed by atoms with van der Waals surface area (Å²) in [5, 5.41) is 2.95. The van der Waals surface area contributed by atoms with Crippen LogP contribution < -0.4 is 15.8 Å². The van der Waals surface area contributed by atoms with Gasteiger partial charge in [0.1, 0.15) is 5.75 Å². The first kappa shape index (κ1) is 21.8. The molecule has 148 valence electrons. The number of primary amides is 1. The number of thiocarbonyl (C=S) groups is 1. The number of hydrogen-bond donors (Lipinski definition) is 2. The lowest BCUT2D eigenvalue weighted by Crippen LogP contribution is -2.43. The molecule has 0 aliphatic rings. The van der Waals surface area contributed by atoms with Gasteiger partial charge in [-0.2, -0.15) is 0 Å². The first-order valence-corrected chi connectivity index (χ1v) is 9.95. The van der Waals surface area contributed by atoms with Crippen LogP contribution >= 0.6 is 28.1 Å². The van der Waals surface area contributed by atoms with Crippen LogP contribution in [0.2, 0.25) is 0 Å². The van der Waals surface area contributed by atoms with Gasteiger partial charge in [0.05, 0.1) is 12.2 Å². The molecule has 0 unspecified atom stereocenters. The van der Waals surface area contributed by atoms with E-state index in [4.69, 9.17) is 22.7 Å². The van der Waals surface area contributed by atoms with Gasteiger partial charge < -0.3 is 15.4 Å². The van der Waals surface area contributed by atoms with Crippen molar-refractivity contribution < 1.29 is 14.3 Å². The van der Waals surface area contributed by atoms with Gasteiger partial charge >= 0.3 is 0 Å². The van der Waals surface area contributed by atoms with Gasteiger partial charge in [0, 0.05) is 24.0 Å². The first-order chi connectivity index (χ1) is 13.4. The standard InChI is InChI=1S/C20H22BrN3O3S/c1-2-27-17-9-8-15(21)12-16(17)19(26)23-20(28)24(11-10-18(22)25)13-14-6-4-3-5-7-14/h3-9,12H,2,10-11,13H2,1H3,(H2,22,25)(H,23,26,28). The zero-order valence-electron chi connectivity index (χ0n) is 15.5. The Balaban J connectivity index is 2.16. The molecular weight excluding hydrogens is 442 g/mol. The van der Waals surface area contributed by atoms with Crippen LogP contribution in [0.4, 0.5) is 0 Å². The number of ether oxygens (including phenoxy) is 1. The first-order valence-electron chi connectivity index (χ1n) is 8.75. The summed E-state index contributed by atoms with van der Waals surface area (Å²) in [6.45, 7) is 3.04. The normalized spacial score (nSPS) is 10.2. The number of carbonyl (C=O) groups excluding carboxylic acids is 2. The number of hydrogen-bond acceptors (Lipinski definition) is 4. The van der Waals surface area contributed by atoms with Gasteiger partial charge in [-0.3, -0.25) is 14.9 Å². The van der Waals surface area contributed by atoms with Crippen molar-refractivity contribution in [2.75, 3.05) is 13.2 Å². The van der Waals surface area contributed by atoms with Crippen LogP contribution in [0.3, 0.4) is 0 Å². The summed E-state index contributed by atoms with van der Waals surface area (Å²) in [7, 11) is 0. The monoisotopic (exact) mass is 463 g/mol. The molecule has 0 aliphatic carbocycles. The summed E-state index contributed by atoms with van der Waals surface area (Å²) in [6.07, 6.45) is 0.129. The van der Waals surface area contributed by atoms with Crippen molar-refractivity contribution in [3.8, 4) is 5.75 Å². The molecule has 2 aromatic carbocycles. The number of nitrogens with zero attached hydrogens (tertiary/aromatic N) is 1. The molecule has 2 aromatic rings. The minimum absolute atomic E-state index is 0.129. The quantitative estimate of drug-likeness (QED) is 0.586. The van der Waals surface area contributed by atoms with Crippen LogP contribution in [0.15, 0.2) is 53.0 Å². The third-order valence-corrected chi connectivity index (χ3v) is 4.69. The van der Waals surface area contributed by atoms with Gasteiger partial charge in [0.25, 0.3) is 5.91 Å². The molecule has 3 N–H and O–H groups in total. The van der Waals surface area contributed by atoms with Crippen molar-refractivity contribution in [1.82, 2.24) is 10.2 Å². The lowest BCUT2D eigenvalue weighted by molar-refractivity contribution is -0.118. The molecule has 0 saturated carbocycles. The van der Waals surface area contributed by atoms with E-state index in [0.717, 1.165) is 10.0 Å². The number of benzene rings is 2. The average Bonchev–Trinajstić information content (AvgIpc) is 2.67. The van der Waals surface area contributed by atoms with E-state index in [0.29, 0.717) is 31.0 Å². The maximum Gasteiger partial charge on any atom is 0.261 e. The highest BCUT2D eigenvalue weighted by molar-refractivity contribution is 9.10. The Morgan fingerprint density at radius 2 is 1.93 bits per heavy atom. The van der Waals surface area contributed by atoms with Crippen LogP contribution in [-0.4, -0.2) is 35.0 Å². The second-order valence-corrected chi connectivity index (χ2v) is 7.26. The SMILES string of the molecule is CCOc1ccc(Br)cc1C(=O)NC(=S)N(CCC(N)=O)Cc1ccccc1. The van der Waals surface area contributed by atoms with Gasteiger partial charge in [-0.1, -0.05) is 46.3 Å². The molecule has 0 atom stereocenters. The van der Waals surface area contributed by atoms with Crippen molar-refractivity contribution in [1.29, 1.82) is 0 Å². The van der Waals surface area contributed by atoms with Crippen molar-refractivity contribution >= 4 is 45.1 Å². The molecular formula is C20H22BrN3O3S. The maximum absolute atomic E-state index is 12.8. The molecule has 0 aromatic heterocycles. The Bertz CT molecular complexity index is 846. The summed E-state index contributed by atoms with van der Waals surface area (Å²) in [6, 6.07) is 14.8. The molecule has 2 amide bonds. The lowest BCUT2D eigenvalue weighted by atomic mass is 10.2. The van der Waals surface area contributed by atoms with Gasteiger partial charge in [0.15, 0.2) is 5.11 Å². The van der Waals surface area contributed by atoms with E-state index >= 15 is 0 Å². The molecule has 0 bridgehead atoms.